The fraction of sp³-hybridized carbons (Fsp3) is 0.300. The van der Waals surface area contributed by atoms with Crippen LogP contribution in [0.3, 0.4) is 0 Å². The number of nitrogens with zero attached hydrogens (tertiary/aromatic N) is 1. The van der Waals surface area contributed by atoms with Gasteiger partial charge in [0.05, 0.1) is 5.69 Å². The van der Waals surface area contributed by atoms with Crippen LogP contribution >= 0.6 is 0 Å². The van der Waals surface area contributed by atoms with Crippen LogP contribution in [0.2, 0.25) is 0 Å². The average Bonchev–Trinajstić information content (AvgIpc) is 2.60. The summed E-state index contributed by atoms with van der Waals surface area (Å²) in [5.41, 5.74) is 3.73. The summed E-state index contributed by atoms with van der Waals surface area (Å²) in [7, 11) is 0. The molecule has 2 aromatic carbocycles. The summed E-state index contributed by atoms with van der Waals surface area (Å²) in [6.07, 6.45) is 1.03. The Morgan fingerprint density at radius 3 is 2.84 bits per heavy atom. The Balaban J connectivity index is 1.67. The van der Waals surface area contributed by atoms with Crippen LogP contribution in [0.4, 0.5) is 11.4 Å². The van der Waals surface area contributed by atoms with Crippen LogP contribution in [-0.4, -0.2) is 25.0 Å². The minimum atomic E-state index is -0.155. The molecule has 0 unspecified atom stereocenters. The van der Waals surface area contributed by atoms with E-state index in [0.717, 1.165) is 16.8 Å². The van der Waals surface area contributed by atoms with Crippen LogP contribution < -0.4 is 15.0 Å². The Morgan fingerprint density at radius 2 is 2.08 bits per heavy atom. The van der Waals surface area contributed by atoms with Crippen molar-refractivity contribution in [1.29, 1.82) is 0 Å². The van der Waals surface area contributed by atoms with Gasteiger partial charge >= 0.3 is 0 Å². The molecule has 0 fully saturated rings. The first-order valence-electron chi connectivity index (χ1n) is 8.49. The molecule has 1 N–H and O–H groups in total. The monoisotopic (exact) mass is 338 g/mol. The molecule has 0 saturated carbocycles. The third kappa shape index (κ3) is 3.99. The van der Waals surface area contributed by atoms with Gasteiger partial charge < -0.3 is 15.0 Å². The second-order valence-corrected chi connectivity index (χ2v) is 6.14. The molecule has 130 valence electrons. The maximum atomic E-state index is 12.6. The van der Waals surface area contributed by atoms with Crippen molar-refractivity contribution in [2.75, 3.05) is 23.4 Å². The lowest BCUT2D eigenvalue weighted by molar-refractivity contribution is -0.119. The Hall–Kier alpha value is -2.82. The molecule has 1 heterocycles. The minimum absolute atomic E-state index is 0.0484. The first-order chi connectivity index (χ1) is 12.1. The van der Waals surface area contributed by atoms with E-state index in [-0.39, 0.29) is 18.4 Å². The summed E-state index contributed by atoms with van der Waals surface area (Å²) in [4.78, 5) is 25.9. The van der Waals surface area contributed by atoms with Gasteiger partial charge in [0, 0.05) is 18.7 Å². The summed E-state index contributed by atoms with van der Waals surface area (Å²) in [5, 5.41) is 2.79. The maximum Gasteiger partial charge on any atom is 0.262 e. The minimum Gasteiger partial charge on any atom is -0.482 e. The van der Waals surface area contributed by atoms with Crippen molar-refractivity contribution in [1.82, 2.24) is 0 Å². The predicted molar refractivity (Wildman–Crippen MR) is 98.1 cm³/mol. The maximum absolute atomic E-state index is 12.6. The molecule has 25 heavy (non-hydrogen) atoms. The number of fused-ring (bicyclic) bond motifs is 1. The van der Waals surface area contributed by atoms with Gasteiger partial charge in [-0.05, 0) is 55.7 Å². The highest BCUT2D eigenvalue weighted by molar-refractivity contribution is 5.95. The van der Waals surface area contributed by atoms with E-state index in [1.54, 1.807) is 4.90 Å². The average molecular weight is 338 g/mol. The third-order valence-corrected chi connectivity index (χ3v) is 4.23. The topological polar surface area (TPSA) is 58.6 Å². The summed E-state index contributed by atoms with van der Waals surface area (Å²) in [6.45, 7) is 4.68. The molecule has 2 aromatic rings. The lowest BCUT2D eigenvalue weighted by Crippen LogP contribution is -2.30. The summed E-state index contributed by atoms with van der Waals surface area (Å²) in [5.74, 6) is 0.605. The highest BCUT2D eigenvalue weighted by atomic mass is 16.5. The van der Waals surface area contributed by atoms with Crippen molar-refractivity contribution in [2.45, 2.75) is 26.7 Å². The van der Waals surface area contributed by atoms with E-state index in [1.165, 1.54) is 0 Å². The van der Waals surface area contributed by atoms with Crippen LogP contribution in [-0.2, 0) is 16.0 Å². The molecule has 0 aromatic heterocycles. The second-order valence-electron chi connectivity index (χ2n) is 6.14. The van der Waals surface area contributed by atoms with Gasteiger partial charge in [-0.2, -0.15) is 0 Å². The molecule has 0 saturated heterocycles. The summed E-state index contributed by atoms with van der Waals surface area (Å²) < 4.78 is 5.35. The predicted octanol–water partition coefficient (Wildman–Crippen LogP) is 3.31. The SMILES string of the molecule is CCN(C(=O)CCc1ccc2c(c1)NC(=O)CO2)c1cccc(C)c1. The van der Waals surface area contributed by atoms with E-state index in [1.807, 2.05) is 56.3 Å². The van der Waals surface area contributed by atoms with Gasteiger partial charge in [-0.3, -0.25) is 9.59 Å². The van der Waals surface area contributed by atoms with Crippen molar-refractivity contribution < 1.29 is 14.3 Å². The summed E-state index contributed by atoms with van der Waals surface area (Å²) in [6, 6.07) is 13.6. The number of hydrogen-bond donors (Lipinski definition) is 1. The van der Waals surface area contributed by atoms with Crippen molar-refractivity contribution >= 4 is 23.2 Å². The van der Waals surface area contributed by atoms with Crippen LogP contribution in [0.25, 0.3) is 0 Å². The van der Waals surface area contributed by atoms with E-state index in [4.69, 9.17) is 4.74 Å². The normalized spacial score (nSPS) is 12.8. The molecule has 0 aliphatic carbocycles. The van der Waals surface area contributed by atoms with Gasteiger partial charge in [-0.1, -0.05) is 18.2 Å². The van der Waals surface area contributed by atoms with Crippen LogP contribution in [0.5, 0.6) is 5.75 Å². The number of benzene rings is 2. The lowest BCUT2D eigenvalue weighted by atomic mass is 10.1. The molecule has 0 spiro atoms. The molecule has 1 aliphatic heterocycles. The zero-order valence-electron chi connectivity index (χ0n) is 14.5. The number of carbonyl (C=O) groups excluding carboxylic acids is 2. The van der Waals surface area contributed by atoms with E-state index in [0.29, 0.717) is 30.8 Å². The standard InChI is InChI=1S/C20H22N2O3/c1-3-22(16-6-4-5-14(2)11-16)20(24)10-8-15-7-9-18-17(12-15)21-19(23)13-25-18/h4-7,9,11-12H,3,8,10,13H2,1-2H3,(H,21,23). The van der Waals surface area contributed by atoms with Gasteiger partial charge in [0.1, 0.15) is 5.75 Å². The number of hydrogen-bond acceptors (Lipinski definition) is 3. The van der Waals surface area contributed by atoms with Crippen molar-refractivity contribution in [2.24, 2.45) is 0 Å². The van der Waals surface area contributed by atoms with Gasteiger partial charge in [-0.25, -0.2) is 0 Å². The molecule has 5 nitrogen and oxygen atoms in total. The Morgan fingerprint density at radius 1 is 1.24 bits per heavy atom. The number of nitrogens with one attached hydrogen (secondary N) is 1. The number of amides is 2. The van der Waals surface area contributed by atoms with Crippen molar-refractivity contribution in [3.05, 3.63) is 53.6 Å². The number of rotatable bonds is 5. The Kier molecular flexibility index (Phi) is 5.03. The fourth-order valence-electron chi connectivity index (χ4n) is 2.97. The van der Waals surface area contributed by atoms with E-state index in [2.05, 4.69) is 5.32 Å². The van der Waals surface area contributed by atoms with E-state index < -0.39 is 0 Å². The largest absolute Gasteiger partial charge is 0.482 e. The Bertz CT molecular complexity index is 801. The quantitative estimate of drug-likeness (QED) is 0.910. The molecular weight excluding hydrogens is 316 g/mol. The zero-order valence-corrected chi connectivity index (χ0v) is 14.5. The molecule has 0 radical (unpaired) electrons. The molecular formula is C20H22N2O3. The van der Waals surface area contributed by atoms with Gasteiger partial charge in [0.2, 0.25) is 5.91 Å². The zero-order chi connectivity index (χ0) is 17.8. The highest BCUT2D eigenvalue weighted by Crippen LogP contribution is 2.29. The summed E-state index contributed by atoms with van der Waals surface area (Å²) >= 11 is 0. The van der Waals surface area contributed by atoms with E-state index >= 15 is 0 Å². The number of carbonyl (C=O) groups is 2. The van der Waals surface area contributed by atoms with Crippen LogP contribution in [0, 0.1) is 6.92 Å². The number of aryl methyl sites for hydroxylation is 2. The van der Waals surface area contributed by atoms with E-state index in [9.17, 15) is 9.59 Å². The third-order valence-electron chi connectivity index (χ3n) is 4.23. The molecule has 5 heteroatoms. The van der Waals surface area contributed by atoms with Gasteiger partial charge in [0.15, 0.2) is 6.61 Å². The second kappa shape index (κ2) is 7.38. The van der Waals surface area contributed by atoms with Crippen molar-refractivity contribution in [3.8, 4) is 5.75 Å². The molecule has 0 bridgehead atoms. The number of ether oxygens (including phenoxy) is 1. The lowest BCUT2D eigenvalue weighted by Gasteiger charge is -2.22. The first-order valence-corrected chi connectivity index (χ1v) is 8.49. The van der Waals surface area contributed by atoms with Crippen LogP contribution in [0.15, 0.2) is 42.5 Å². The molecule has 1 aliphatic rings. The van der Waals surface area contributed by atoms with Crippen molar-refractivity contribution in [3.63, 3.8) is 0 Å². The molecule has 3 rings (SSSR count). The van der Waals surface area contributed by atoms with Crippen LogP contribution in [0.1, 0.15) is 24.5 Å². The van der Waals surface area contributed by atoms with Gasteiger partial charge in [-0.15, -0.1) is 0 Å². The fourth-order valence-corrected chi connectivity index (χ4v) is 2.97. The van der Waals surface area contributed by atoms with Gasteiger partial charge in [0.25, 0.3) is 5.91 Å². The number of anilines is 2. The highest BCUT2D eigenvalue weighted by Gasteiger charge is 2.17. The first kappa shape index (κ1) is 17.0. The molecule has 2 amide bonds. The smallest absolute Gasteiger partial charge is 0.262 e. The Labute approximate surface area is 147 Å². The molecule has 0 atom stereocenters.